The Bertz CT molecular complexity index is 1530. The number of nitrogens with zero attached hydrogens (tertiary/aromatic N) is 4. The summed E-state index contributed by atoms with van der Waals surface area (Å²) in [4.78, 5) is 31.2. The summed E-state index contributed by atoms with van der Waals surface area (Å²) in [5, 5.41) is 3.10. The molecule has 0 unspecified atom stereocenters. The van der Waals surface area contributed by atoms with Gasteiger partial charge in [0.05, 0.1) is 13.1 Å². The summed E-state index contributed by atoms with van der Waals surface area (Å²) >= 11 is 2.20. The maximum absolute atomic E-state index is 13.6. The lowest BCUT2D eigenvalue weighted by molar-refractivity contribution is -0.274. The molecule has 0 saturated carbocycles. The number of benzene rings is 2. The van der Waals surface area contributed by atoms with Crippen molar-refractivity contribution >= 4 is 39.7 Å². The van der Waals surface area contributed by atoms with Gasteiger partial charge in [-0.2, -0.15) is 4.98 Å². The molecular weight excluding hydrogens is 592 g/mol. The molecule has 2 heterocycles. The summed E-state index contributed by atoms with van der Waals surface area (Å²) in [7, 11) is 1.49. The lowest BCUT2D eigenvalue weighted by Crippen LogP contribution is -2.40. The number of hydrogen-bond donors (Lipinski definition) is 2. The molecule has 0 aliphatic carbocycles. The van der Waals surface area contributed by atoms with Crippen molar-refractivity contribution in [1.82, 2.24) is 18.7 Å². The van der Waals surface area contributed by atoms with E-state index in [-0.39, 0.29) is 17.7 Å². The molecule has 0 amide bonds. The first-order valence-electron chi connectivity index (χ1n) is 10.8. The number of halogens is 4. The molecule has 13 heteroatoms. The molecule has 36 heavy (non-hydrogen) atoms. The van der Waals surface area contributed by atoms with Gasteiger partial charge in [-0.15, -0.1) is 13.2 Å². The molecule has 0 bridgehead atoms. The lowest BCUT2D eigenvalue weighted by Gasteiger charge is -2.13. The van der Waals surface area contributed by atoms with Crippen LogP contribution in [0.5, 0.6) is 5.75 Å². The largest absolute Gasteiger partial charge is 0.573 e. The van der Waals surface area contributed by atoms with Gasteiger partial charge in [-0.25, -0.2) is 4.79 Å². The van der Waals surface area contributed by atoms with Crippen LogP contribution in [-0.2, 0) is 20.1 Å². The summed E-state index contributed by atoms with van der Waals surface area (Å²) in [6, 6.07) is 12.8. The number of nitrogens with one attached hydrogen (secondary N) is 1. The number of nitrogens with two attached hydrogens (primary N) is 1. The smallest absolute Gasteiger partial charge is 0.406 e. The molecule has 9 nitrogen and oxygen atoms in total. The van der Waals surface area contributed by atoms with Crippen molar-refractivity contribution < 1.29 is 17.9 Å². The van der Waals surface area contributed by atoms with Gasteiger partial charge in [0.15, 0.2) is 11.2 Å². The van der Waals surface area contributed by atoms with Crippen LogP contribution in [0.3, 0.4) is 0 Å². The first-order chi connectivity index (χ1) is 17.1. The number of aromatic nitrogens is 4. The van der Waals surface area contributed by atoms with Crippen molar-refractivity contribution in [3.63, 3.8) is 0 Å². The van der Waals surface area contributed by atoms with Crippen LogP contribution in [0.15, 0.2) is 58.1 Å². The zero-order valence-electron chi connectivity index (χ0n) is 19.1. The van der Waals surface area contributed by atoms with Crippen molar-refractivity contribution in [1.29, 1.82) is 0 Å². The predicted octanol–water partition coefficient (Wildman–Crippen LogP) is 2.87. The van der Waals surface area contributed by atoms with Gasteiger partial charge in [-0.1, -0.05) is 30.3 Å². The minimum atomic E-state index is -4.86. The normalized spacial score (nSPS) is 11.7. The van der Waals surface area contributed by atoms with E-state index < -0.39 is 23.4 Å². The Balaban J connectivity index is 1.86. The molecule has 2 aromatic heterocycles. The molecule has 0 spiro atoms. The Kier molecular flexibility index (Phi) is 7.40. The Morgan fingerprint density at radius 1 is 1.08 bits per heavy atom. The van der Waals surface area contributed by atoms with Crippen molar-refractivity contribution in [2.24, 2.45) is 12.8 Å². The fourth-order valence-electron chi connectivity index (χ4n) is 3.80. The van der Waals surface area contributed by atoms with Crippen LogP contribution >= 0.6 is 22.6 Å². The summed E-state index contributed by atoms with van der Waals surface area (Å²) in [6.45, 7) is 0.760. The highest BCUT2D eigenvalue weighted by atomic mass is 127. The monoisotopic (exact) mass is 614 g/mol. The van der Waals surface area contributed by atoms with Crippen molar-refractivity contribution in [2.45, 2.75) is 19.5 Å². The van der Waals surface area contributed by atoms with Crippen molar-refractivity contribution in [3.8, 4) is 5.75 Å². The van der Waals surface area contributed by atoms with E-state index >= 15 is 0 Å². The quantitative estimate of drug-likeness (QED) is 0.296. The second kappa shape index (κ2) is 10.3. The number of anilines is 1. The summed E-state index contributed by atoms with van der Waals surface area (Å²) < 4.78 is 46.8. The first-order valence-corrected chi connectivity index (χ1v) is 11.9. The van der Waals surface area contributed by atoms with Gasteiger partial charge in [0.2, 0.25) is 5.95 Å². The molecule has 0 fully saturated rings. The third kappa shape index (κ3) is 5.41. The number of rotatable bonds is 8. The van der Waals surface area contributed by atoms with E-state index in [1.165, 1.54) is 23.7 Å². The van der Waals surface area contributed by atoms with Gasteiger partial charge in [0, 0.05) is 23.7 Å². The lowest BCUT2D eigenvalue weighted by atomic mass is 10.2. The standard InChI is InChI=1S/C23H22F3IN6O3/c1-31-19-18(32(21(30-19)29-10-9-28)13-15-6-2-3-8-17(15)27)20(34)33(22(31)35)12-14-5-4-7-16(11-14)36-23(24,25)26/h2-8,11H,9-10,12-13,28H2,1H3,(H,29,30). The molecule has 0 atom stereocenters. The molecule has 0 aliphatic heterocycles. The van der Waals surface area contributed by atoms with Gasteiger partial charge in [0.25, 0.3) is 5.56 Å². The number of aryl methyl sites for hydroxylation is 1. The summed E-state index contributed by atoms with van der Waals surface area (Å²) in [5.41, 5.74) is 5.96. The minimum Gasteiger partial charge on any atom is -0.406 e. The third-order valence-corrected chi connectivity index (χ3v) is 6.47. The molecule has 4 rings (SSSR count). The SMILES string of the molecule is Cn1c(=O)n(Cc2cccc(OC(F)(F)F)c2)c(=O)c2c1nc(NCCN)n2Cc1ccccc1I. The first kappa shape index (κ1) is 25.8. The average molecular weight is 614 g/mol. The molecule has 0 radical (unpaired) electrons. The Morgan fingerprint density at radius 3 is 2.53 bits per heavy atom. The van der Waals surface area contributed by atoms with Crippen molar-refractivity contribution in [2.75, 3.05) is 18.4 Å². The molecule has 190 valence electrons. The fourth-order valence-corrected chi connectivity index (χ4v) is 4.36. The zero-order valence-corrected chi connectivity index (χ0v) is 21.2. The van der Waals surface area contributed by atoms with Crippen LogP contribution in [0.1, 0.15) is 11.1 Å². The van der Waals surface area contributed by atoms with Crippen LogP contribution < -0.4 is 27.0 Å². The molecular formula is C23H22F3IN6O3. The summed E-state index contributed by atoms with van der Waals surface area (Å²) in [5.74, 6) is -0.0663. The Morgan fingerprint density at radius 2 is 1.83 bits per heavy atom. The number of hydrogen-bond acceptors (Lipinski definition) is 6. The van der Waals surface area contributed by atoms with Crippen LogP contribution in [0.2, 0.25) is 0 Å². The number of imidazole rings is 1. The average Bonchev–Trinajstić information content (AvgIpc) is 3.18. The molecule has 0 saturated heterocycles. The van der Waals surface area contributed by atoms with E-state index in [0.717, 1.165) is 25.8 Å². The zero-order chi connectivity index (χ0) is 26.0. The van der Waals surface area contributed by atoms with Gasteiger partial charge in [-0.05, 0) is 51.9 Å². The predicted molar refractivity (Wildman–Crippen MR) is 137 cm³/mol. The van der Waals surface area contributed by atoms with Crippen LogP contribution in [-0.4, -0.2) is 38.1 Å². The molecule has 2 aromatic carbocycles. The van der Waals surface area contributed by atoms with E-state index in [4.69, 9.17) is 5.73 Å². The summed E-state index contributed by atoms with van der Waals surface area (Å²) in [6.07, 6.45) is -4.86. The number of ether oxygens (including phenoxy) is 1. The van der Waals surface area contributed by atoms with E-state index in [0.29, 0.717) is 31.1 Å². The van der Waals surface area contributed by atoms with E-state index in [9.17, 15) is 22.8 Å². The highest BCUT2D eigenvalue weighted by molar-refractivity contribution is 14.1. The van der Waals surface area contributed by atoms with Gasteiger partial charge in [0.1, 0.15) is 5.75 Å². The van der Waals surface area contributed by atoms with Gasteiger partial charge >= 0.3 is 12.1 Å². The molecule has 4 aromatic rings. The topological polar surface area (TPSA) is 109 Å². The van der Waals surface area contributed by atoms with E-state index in [2.05, 4.69) is 37.6 Å². The molecule has 0 aliphatic rings. The number of alkyl halides is 3. The molecule has 3 N–H and O–H groups in total. The number of fused-ring (bicyclic) bond motifs is 1. The maximum atomic E-state index is 13.6. The third-order valence-electron chi connectivity index (χ3n) is 5.42. The van der Waals surface area contributed by atoms with Crippen molar-refractivity contribution in [3.05, 3.63) is 84.1 Å². The van der Waals surface area contributed by atoms with E-state index in [1.54, 1.807) is 4.57 Å². The highest BCUT2D eigenvalue weighted by Gasteiger charge is 2.31. The maximum Gasteiger partial charge on any atom is 0.573 e. The van der Waals surface area contributed by atoms with Crippen LogP contribution in [0.25, 0.3) is 11.2 Å². The fraction of sp³-hybridized carbons (Fsp3) is 0.261. The second-order valence-corrected chi connectivity index (χ2v) is 9.09. The van der Waals surface area contributed by atoms with Crippen LogP contribution in [0, 0.1) is 3.57 Å². The Labute approximate surface area is 216 Å². The highest BCUT2D eigenvalue weighted by Crippen LogP contribution is 2.24. The van der Waals surface area contributed by atoms with Gasteiger partial charge < -0.3 is 15.8 Å². The van der Waals surface area contributed by atoms with Crippen LogP contribution in [0.4, 0.5) is 19.1 Å². The second-order valence-electron chi connectivity index (χ2n) is 7.93. The van der Waals surface area contributed by atoms with E-state index in [1.807, 2.05) is 24.3 Å². The Hall–Kier alpha value is -3.33. The van der Waals surface area contributed by atoms with Gasteiger partial charge in [-0.3, -0.25) is 18.5 Å². The minimum absolute atomic E-state index is 0.180.